The third kappa shape index (κ3) is 3.86. The minimum atomic E-state index is -4.66. The van der Waals surface area contributed by atoms with Gasteiger partial charge in [0.15, 0.2) is 0 Å². The molecule has 1 aliphatic heterocycles. The minimum absolute atomic E-state index is 0.212. The van der Waals surface area contributed by atoms with E-state index in [0.29, 0.717) is 0 Å². The number of anilines is 1. The third-order valence-corrected chi connectivity index (χ3v) is 5.51. The summed E-state index contributed by atoms with van der Waals surface area (Å²) in [4.78, 5) is 18.8. The predicted molar refractivity (Wildman–Crippen MR) is 109 cm³/mol. The van der Waals surface area contributed by atoms with Crippen molar-refractivity contribution >= 4 is 22.6 Å². The van der Waals surface area contributed by atoms with Crippen LogP contribution in [0.4, 0.5) is 18.9 Å². The van der Waals surface area contributed by atoms with Gasteiger partial charge in [-0.05, 0) is 43.5 Å². The number of alkyl halides is 3. The van der Waals surface area contributed by atoms with E-state index in [0.717, 1.165) is 41.7 Å². The number of hydrogen-bond acceptors (Lipinski definition) is 3. The van der Waals surface area contributed by atoms with E-state index in [-0.39, 0.29) is 17.6 Å². The van der Waals surface area contributed by atoms with Crippen molar-refractivity contribution in [3.05, 3.63) is 59.9 Å². The van der Waals surface area contributed by atoms with Gasteiger partial charge in [-0.15, -0.1) is 0 Å². The van der Waals surface area contributed by atoms with E-state index in [1.807, 2.05) is 24.3 Å². The van der Waals surface area contributed by atoms with Crippen molar-refractivity contribution in [3.63, 3.8) is 0 Å². The molecule has 30 heavy (non-hydrogen) atoms. The Bertz CT molecular complexity index is 1050. The monoisotopic (exact) mass is 416 g/mol. The largest absolute Gasteiger partial charge is 0.449 e. The number of nitrogens with one attached hydrogen (secondary N) is 1. The summed E-state index contributed by atoms with van der Waals surface area (Å²) in [5, 5.41) is 2.81. The van der Waals surface area contributed by atoms with Crippen molar-refractivity contribution in [2.24, 2.45) is 0 Å². The molecule has 1 fully saturated rings. The highest BCUT2D eigenvalue weighted by Gasteiger charge is 2.39. The summed E-state index contributed by atoms with van der Waals surface area (Å²) in [5.41, 5.74) is 2.51. The molecule has 0 bridgehead atoms. The van der Waals surface area contributed by atoms with Crippen molar-refractivity contribution in [3.8, 4) is 0 Å². The molecule has 8 heteroatoms. The van der Waals surface area contributed by atoms with E-state index < -0.39 is 23.9 Å². The number of para-hydroxylation sites is 3. The fourth-order valence-corrected chi connectivity index (χ4v) is 4.01. The van der Waals surface area contributed by atoms with Crippen LogP contribution in [0.2, 0.25) is 0 Å². The number of hydrogen-bond donors (Lipinski definition) is 1. The molecular formula is C22H23F3N4O. The Hall–Kier alpha value is -3.03. The molecule has 4 rings (SSSR count). The molecule has 0 radical (unpaired) electrons. The van der Waals surface area contributed by atoms with E-state index in [4.69, 9.17) is 0 Å². The van der Waals surface area contributed by atoms with E-state index in [9.17, 15) is 18.0 Å². The van der Waals surface area contributed by atoms with Gasteiger partial charge >= 0.3 is 6.18 Å². The van der Waals surface area contributed by atoms with Crippen molar-refractivity contribution in [1.82, 2.24) is 14.9 Å². The quantitative estimate of drug-likeness (QED) is 0.665. The lowest BCUT2D eigenvalue weighted by molar-refractivity contribution is -0.148. The molecule has 2 heterocycles. The molecule has 1 N–H and O–H groups in total. The zero-order chi connectivity index (χ0) is 21.3. The van der Waals surface area contributed by atoms with Crippen LogP contribution in [-0.4, -0.2) is 28.5 Å². The normalized spacial score (nSPS) is 15.5. The number of rotatable bonds is 5. The fraction of sp³-hybridized carbons (Fsp3) is 0.364. The number of halogens is 3. The molecule has 0 aliphatic carbocycles. The van der Waals surface area contributed by atoms with E-state index in [2.05, 4.69) is 15.2 Å². The van der Waals surface area contributed by atoms with Gasteiger partial charge in [0.2, 0.25) is 11.7 Å². The first kappa shape index (κ1) is 20.3. The highest BCUT2D eigenvalue weighted by molar-refractivity contribution is 5.84. The minimum Gasteiger partial charge on any atom is -0.371 e. The number of nitrogens with zero attached hydrogens (tertiary/aromatic N) is 3. The van der Waals surface area contributed by atoms with Crippen LogP contribution in [0.25, 0.3) is 11.0 Å². The lowest BCUT2D eigenvalue weighted by Crippen LogP contribution is -2.33. The average molecular weight is 416 g/mol. The molecule has 158 valence electrons. The molecule has 1 aromatic heterocycles. The van der Waals surface area contributed by atoms with Crippen LogP contribution >= 0.6 is 0 Å². The number of benzene rings is 2. The second-order valence-corrected chi connectivity index (χ2v) is 7.51. The maximum Gasteiger partial charge on any atom is 0.449 e. The predicted octanol–water partition coefficient (Wildman–Crippen LogP) is 4.53. The summed E-state index contributed by atoms with van der Waals surface area (Å²) in [6.45, 7) is 3.66. The van der Waals surface area contributed by atoms with Gasteiger partial charge in [-0.25, -0.2) is 4.98 Å². The summed E-state index contributed by atoms with van der Waals surface area (Å²) < 4.78 is 41.7. The number of imidazole rings is 1. The van der Waals surface area contributed by atoms with Crippen molar-refractivity contribution in [1.29, 1.82) is 0 Å². The van der Waals surface area contributed by atoms with Crippen molar-refractivity contribution in [2.75, 3.05) is 18.0 Å². The second-order valence-electron chi connectivity index (χ2n) is 7.51. The van der Waals surface area contributed by atoms with Crippen molar-refractivity contribution < 1.29 is 18.0 Å². The molecule has 2 aromatic carbocycles. The Balaban J connectivity index is 1.57. The standard InChI is InChI=1S/C22H23F3N4O/c1-15(29-19-11-5-3-9-17(19)27-21(29)22(23,24)25)20(30)26-14-16-8-2-4-10-18(16)28-12-6-7-13-28/h2-5,8-11,15H,6-7,12-14H2,1H3,(H,26,30)/t15-/m0/s1. The van der Waals surface area contributed by atoms with Crippen LogP contribution < -0.4 is 10.2 Å². The van der Waals surface area contributed by atoms with Gasteiger partial charge in [0.05, 0.1) is 11.0 Å². The van der Waals surface area contributed by atoms with E-state index in [1.165, 1.54) is 13.0 Å². The number of amides is 1. The first-order valence-corrected chi connectivity index (χ1v) is 10.0. The highest BCUT2D eigenvalue weighted by atomic mass is 19.4. The summed E-state index contributed by atoms with van der Waals surface area (Å²) >= 11 is 0. The van der Waals surface area contributed by atoms with Gasteiger partial charge in [-0.1, -0.05) is 30.3 Å². The maximum absolute atomic E-state index is 13.6. The molecule has 1 aliphatic rings. The molecular weight excluding hydrogens is 393 g/mol. The van der Waals surface area contributed by atoms with Crippen molar-refractivity contribution in [2.45, 2.75) is 38.5 Å². The van der Waals surface area contributed by atoms with Crippen LogP contribution in [0.1, 0.15) is 37.2 Å². The Labute approximate surface area is 172 Å². The number of fused-ring (bicyclic) bond motifs is 1. The van der Waals surface area contributed by atoms with Gasteiger partial charge in [0.25, 0.3) is 0 Å². The first-order valence-electron chi connectivity index (χ1n) is 10.0. The topological polar surface area (TPSA) is 50.2 Å². The summed E-state index contributed by atoms with van der Waals surface area (Å²) in [5.74, 6) is -1.55. The van der Waals surface area contributed by atoms with Gasteiger partial charge in [0, 0.05) is 25.3 Å². The van der Waals surface area contributed by atoms with Crippen LogP contribution in [0.5, 0.6) is 0 Å². The average Bonchev–Trinajstić information content (AvgIpc) is 3.39. The van der Waals surface area contributed by atoms with Crippen LogP contribution in [0.15, 0.2) is 48.5 Å². The molecule has 0 unspecified atom stereocenters. The highest BCUT2D eigenvalue weighted by Crippen LogP contribution is 2.34. The Morgan fingerprint density at radius 3 is 2.50 bits per heavy atom. The molecule has 0 spiro atoms. The zero-order valence-electron chi connectivity index (χ0n) is 16.6. The second kappa shape index (κ2) is 8.01. The zero-order valence-corrected chi connectivity index (χ0v) is 16.6. The summed E-state index contributed by atoms with van der Waals surface area (Å²) in [6, 6.07) is 13.1. The van der Waals surface area contributed by atoms with Crippen LogP contribution in [0, 0.1) is 0 Å². The molecule has 0 saturated carbocycles. The number of carbonyl (C=O) groups is 1. The van der Waals surface area contributed by atoms with Crippen LogP contribution in [0.3, 0.4) is 0 Å². The Morgan fingerprint density at radius 1 is 1.10 bits per heavy atom. The summed E-state index contributed by atoms with van der Waals surface area (Å²) in [6.07, 6.45) is -2.40. The molecule has 1 saturated heterocycles. The lowest BCUT2D eigenvalue weighted by Gasteiger charge is -2.22. The van der Waals surface area contributed by atoms with Gasteiger partial charge in [-0.3, -0.25) is 4.79 Å². The molecule has 1 atom stereocenters. The van der Waals surface area contributed by atoms with E-state index >= 15 is 0 Å². The molecule has 3 aromatic rings. The first-order chi connectivity index (χ1) is 14.4. The SMILES string of the molecule is C[C@@H](C(=O)NCc1ccccc1N1CCCC1)n1c(C(F)(F)F)nc2ccccc21. The fourth-order valence-electron chi connectivity index (χ4n) is 4.01. The molecule has 1 amide bonds. The molecule has 5 nitrogen and oxygen atoms in total. The third-order valence-electron chi connectivity index (χ3n) is 5.51. The van der Waals surface area contributed by atoms with Gasteiger partial charge in [-0.2, -0.15) is 13.2 Å². The van der Waals surface area contributed by atoms with E-state index in [1.54, 1.807) is 18.2 Å². The Morgan fingerprint density at radius 2 is 1.77 bits per heavy atom. The maximum atomic E-state index is 13.6. The number of aromatic nitrogens is 2. The van der Waals surface area contributed by atoms with Gasteiger partial charge in [0.1, 0.15) is 6.04 Å². The van der Waals surface area contributed by atoms with Crippen LogP contribution in [-0.2, 0) is 17.5 Å². The van der Waals surface area contributed by atoms with Gasteiger partial charge < -0.3 is 14.8 Å². The smallest absolute Gasteiger partial charge is 0.371 e. The lowest BCUT2D eigenvalue weighted by atomic mass is 10.1. The summed E-state index contributed by atoms with van der Waals surface area (Å²) in [7, 11) is 0. The number of carbonyl (C=O) groups excluding carboxylic acids is 1. The Kier molecular flexibility index (Phi) is 5.40.